The molecule has 0 unspecified atom stereocenters. The molecule has 1 N–H and O–H groups in total. The molecule has 4 rings (SSSR count). The van der Waals surface area contributed by atoms with Gasteiger partial charge in [0.25, 0.3) is 0 Å². The highest BCUT2D eigenvalue weighted by Gasteiger charge is 2.34. The molecule has 7 nitrogen and oxygen atoms in total. The Morgan fingerprint density at radius 2 is 1.59 bits per heavy atom. The van der Waals surface area contributed by atoms with Crippen molar-refractivity contribution < 1.29 is 27.0 Å². The molecule has 0 saturated heterocycles. The SMILES string of the molecule is COc1nc(N[C@H](C)c2cnc(C(F)(F)F)nc2)c2cc(-c3ccc(F)cc3)cc(OC)c2n1. The molecule has 0 radical (unpaired) electrons. The van der Waals surface area contributed by atoms with Crippen molar-refractivity contribution in [1.82, 2.24) is 19.9 Å². The second kappa shape index (κ2) is 9.08. The quantitative estimate of drug-likeness (QED) is 0.374. The summed E-state index contributed by atoms with van der Waals surface area (Å²) >= 11 is 0. The van der Waals surface area contributed by atoms with Crippen molar-refractivity contribution >= 4 is 16.7 Å². The van der Waals surface area contributed by atoms with E-state index in [1.807, 2.05) is 6.07 Å². The van der Waals surface area contributed by atoms with E-state index in [9.17, 15) is 17.6 Å². The molecule has 0 aliphatic rings. The lowest BCUT2D eigenvalue weighted by Gasteiger charge is -2.18. The summed E-state index contributed by atoms with van der Waals surface area (Å²) in [5.74, 6) is -0.784. The second-order valence-corrected chi connectivity index (χ2v) is 7.34. The highest BCUT2D eigenvalue weighted by molar-refractivity contribution is 5.97. The maximum atomic E-state index is 13.4. The van der Waals surface area contributed by atoms with Gasteiger partial charge in [0.2, 0.25) is 5.82 Å². The van der Waals surface area contributed by atoms with Crippen LogP contribution in [0.3, 0.4) is 0 Å². The summed E-state index contributed by atoms with van der Waals surface area (Å²) in [4.78, 5) is 15.6. The van der Waals surface area contributed by atoms with Crippen LogP contribution in [0.4, 0.5) is 23.4 Å². The average Bonchev–Trinajstić information content (AvgIpc) is 2.83. The van der Waals surface area contributed by atoms with Crippen molar-refractivity contribution in [3.63, 3.8) is 0 Å². The zero-order chi connectivity index (χ0) is 24.5. The number of aromatic nitrogens is 4. The summed E-state index contributed by atoms with van der Waals surface area (Å²) in [5.41, 5.74) is 2.35. The molecule has 34 heavy (non-hydrogen) atoms. The van der Waals surface area contributed by atoms with Gasteiger partial charge in [-0.3, -0.25) is 0 Å². The van der Waals surface area contributed by atoms with Crippen LogP contribution in [0.25, 0.3) is 22.0 Å². The molecule has 0 spiro atoms. The van der Waals surface area contributed by atoms with Crippen LogP contribution in [-0.2, 0) is 6.18 Å². The maximum Gasteiger partial charge on any atom is 0.451 e. The fourth-order valence-electron chi connectivity index (χ4n) is 3.34. The summed E-state index contributed by atoms with van der Waals surface area (Å²) in [6.07, 6.45) is -2.41. The standard InChI is InChI=1S/C23H19F4N5O2/c1-12(15-10-28-21(29-11-15)23(25,26)27)30-20-17-8-14(13-4-6-16(24)7-5-13)9-18(33-2)19(17)31-22(32-20)34-3/h4-12H,1-3H3,(H,30,31,32)/t12-/m1/s1. The summed E-state index contributed by atoms with van der Waals surface area (Å²) in [6.45, 7) is 1.73. The molecule has 0 saturated carbocycles. The first-order valence-electron chi connectivity index (χ1n) is 10.0. The van der Waals surface area contributed by atoms with Crippen LogP contribution < -0.4 is 14.8 Å². The molecule has 2 heterocycles. The maximum absolute atomic E-state index is 13.4. The first-order chi connectivity index (χ1) is 16.2. The molecule has 0 fully saturated rings. The molecule has 0 amide bonds. The monoisotopic (exact) mass is 473 g/mol. The van der Waals surface area contributed by atoms with Gasteiger partial charge < -0.3 is 14.8 Å². The van der Waals surface area contributed by atoms with Crippen molar-refractivity contribution in [2.45, 2.75) is 19.1 Å². The fourth-order valence-corrected chi connectivity index (χ4v) is 3.34. The zero-order valence-corrected chi connectivity index (χ0v) is 18.3. The third kappa shape index (κ3) is 4.68. The van der Waals surface area contributed by atoms with Gasteiger partial charge in [-0.15, -0.1) is 0 Å². The number of benzene rings is 2. The van der Waals surface area contributed by atoms with E-state index < -0.39 is 18.0 Å². The van der Waals surface area contributed by atoms with Crippen LogP contribution >= 0.6 is 0 Å². The number of nitrogens with zero attached hydrogens (tertiary/aromatic N) is 4. The zero-order valence-electron chi connectivity index (χ0n) is 18.3. The minimum atomic E-state index is -4.63. The van der Waals surface area contributed by atoms with Crippen LogP contribution in [0.1, 0.15) is 24.4 Å². The number of hydrogen-bond donors (Lipinski definition) is 1. The molecule has 0 aliphatic carbocycles. The van der Waals surface area contributed by atoms with Gasteiger partial charge in [0.1, 0.15) is 22.9 Å². The molecule has 2 aromatic carbocycles. The first-order valence-corrected chi connectivity index (χ1v) is 10.0. The van der Waals surface area contributed by atoms with Crippen LogP contribution in [-0.4, -0.2) is 34.2 Å². The molecule has 11 heteroatoms. The van der Waals surface area contributed by atoms with Gasteiger partial charge in [-0.25, -0.2) is 14.4 Å². The van der Waals surface area contributed by atoms with E-state index in [1.165, 1.54) is 26.4 Å². The van der Waals surface area contributed by atoms with E-state index in [0.717, 1.165) is 23.5 Å². The molecule has 0 bridgehead atoms. The van der Waals surface area contributed by atoms with E-state index in [2.05, 4.69) is 25.3 Å². The van der Waals surface area contributed by atoms with Crippen molar-refractivity contribution in [2.24, 2.45) is 0 Å². The largest absolute Gasteiger partial charge is 0.494 e. The predicted molar refractivity (Wildman–Crippen MR) is 117 cm³/mol. The number of alkyl halides is 3. The Labute approximate surface area is 191 Å². The van der Waals surface area contributed by atoms with E-state index in [0.29, 0.717) is 28.0 Å². The third-order valence-corrected chi connectivity index (χ3v) is 5.10. The Kier molecular flexibility index (Phi) is 6.18. The molecule has 0 aliphatic heterocycles. The van der Waals surface area contributed by atoms with Gasteiger partial charge in [0.05, 0.1) is 20.3 Å². The second-order valence-electron chi connectivity index (χ2n) is 7.34. The smallest absolute Gasteiger partial charge is 0.451 e. The summed E-state index contributed by atoms with van der Waals surface area (Å²) in [5, 5.41) is 3.73. The number of methoxy groups -OCH3 is 2. The Bertz CT molecular complexity index is 1310. The lowest BCUT2D eigenvalue weighted by molar-refractivity contribution is -0.145. The number of anilines is 1. The molecule has 4 aromatic rings. The predicted octanol–water partition coefficient (Wildman–Crippen LogP) is 5.44. The van der Waals surface area contributed by atoms with E-state index in [1.54, 1.807) is 25.1 Å². The number of rotatable bonds is 6. The van der Waals surface area contributed by atoms with Crippen LogP contribution in [0, 0.1) is 5.82 Å². The van der Waals surface area contributed by atoms with Gasteiger partial charge in [-0.1, -0.05) is 12.1 Å². The Morgan fingerprint density at radius 1 is 0.912 bits per heavy atom. The normalized spacial score (nSPS) is 12.4. The number of halogens is 4. The van der Waals surface area contributed by atoms with E-state index in [-0.39, 0.29) is 11.8 Å². The number of fused-ring (bicyclic) bond motifs is 1. The Morgan fingerprint density at radius 3 is 2.18 bits per heavy atom. The Balaban J connectivity index is 1.78. The van der Waals surface area contributed by atoms with Crippen molar-refractivity contribution in [3.8, 4) is 22.9 Å². The van der Waals surface area contributed by atoms with Gasteiger partial charge in [-0.2, -0.15) is 23.1 Å². The molecule has 176 valence electrons. The minimum absolute atomic E-state index is 0.0682. The number of nitrogens with one attached hydrogen (secondary N) is 1. The first kappa shape index (κ1) is 23.1. The number of ether oxygens (including phenoxy) is 2. The average molecular weight is 473 g/mol. The van der Waals surface area contributed by atoms with Crippen molar-refractivity contribution in [3.05, 3.63) is 66.0 Å². The summed E-state index contributed by atoms with van der Waals surface area (Å²) in [6, 6.07) is 9.10. The van der Waals surface area contributed by atoms with Crippen LogP contribution in [0.2, 0.25) is 0 Å². The highest BCUT2D eigenvalue weighted by atomic mass is 19.4. The number of hydrogen-bond acceptors (Lipinski definition) is 7. The lowest BCUT2D eigenvalue weighted by Crippen LogP contribution is -2.14. The minimum Gasteiger partial charge on any atom is -0.494 e. The lowest BCUT2D eigenvalue weighted by atomic mass is 10.0. The van der Waals surface area contributed by atoms with Crippen molar-refractivity contribution in [1.29, 1.82) is 0 Å². The van der Waals surface area contributed by atoms with E-state index >= 15 is 0 Å². The van der Waals surface area contributed by atoms with Crippen molar-refractivity contribution in [2.75, 3.05) is 19.5 Å². The molecule has 2 aromatic heterocycles. The van der Waals surface area contributed by atoms with Gasteiger partial charge >= 0.3 is 12.2 Å². The summed E-state index contributed by atoms with van der Waals surface area (Å²) in [7, 11) is 2.91. The molecular formula is C23H19F4N5O2. The molecule has 1 atom stereocenters. The molecular weight excluding hydrogens is 454 g/mol. The fraction of sp³-hybridized carbons (Fsp3) is 0.217. The highest BCUT2D eigenvalue weighted by Crippen LogP contribution is 2.36. The van der Waals surface area contributed by atoms with E-state index in [4.69, 9.17) is 9.47 Å². The Hall–Kier alpha value is -4.02. The van der Waals surface area contributed by atoms with Gasteiger partial charge in [-0.05, 0) is 42.3 Å². The van der Waals surface area contributed by atoms with Crippen LogP contribution in [0.5, 0.6) is 11.8 Å². The van der Waals surface area contributed by atoms with Crippen LogP contribution in [0.15, 0.2) is 48.8 Å². The van der Waals surface area contributed by atoms with Gasteiger partial charge in [0.15, 0.2) is 0 Å². The third-order valence-electron chi connectivity index (χ3n) is 5.10. The summed E-state index contributed by atoms with van der Waals surface area (Å²) < 4.78 is 62.5. The topological polar surface area (TPSA) is 82.0 Å². The van der Waals surface area contributed by atoms with Gasteiger partial charge in [0, 0.05) is 23.3 Å².